The lowest BCUT2D eigenvalue weighted by Crippen LogP contribution is -2.04. The molecule has 0 aliphatic rings. The van der Waals surface area contributed by atoms with Crippen LogP contribution in [0.4, 0.5) is 5.69 Å². The zero-order valence-electron chi connectivity index (χ0n) is 8.06. The molecule has 1 rings (SSSR count). The second-order valence-corrected chi connectivity index (χ2v) is 5.23. The average Bonchev–Trinajstić information content (AvgIpc) is 2.02. The Balaban J connectivity index is 3.37. The van der Waals surface area contributed by atoms with Crippen molar-refractivity contribution in [1.82, 2.24) is 0 Å². The molecule has 1 aromatic rings. The van der Waals surface area contributed by atoms with Crippen LogP contribution in [0.25, 0.3) is 0 Å². The highest BCUT2D eigenvalue weighted by Gasteiger charge is 2.13. The molecule has 14 heavy (non-hydrogen) atoms. The van der Waals surface area contributed by atoms with Gasteiger partial charge in [-0.05, 0) is 24.6 Å². The summed E-state index contributed by atoms with van der Waals surface area (Å²) in [5, 5.41) is 9.27. The van der Waals surface area contributed by atoms with Crippen LogP contribution in [-0.4, -0.2) is 19.8 Å². The fourth-order valence-electron chi connectivity index (χ4n) is 1.13. The van der Waals surface area contributed by atoms with Crippen molar-refractivity contribution in [1.29, 1.82) is 0 Å². The summed E-state index contributed by atoms with van der Waals surface area (Å²) in [4.78, 5) is 0.0656. The molecule has 0 aliphatic heterocycles. The van der Waals surface area contributed by atoms with Crippen molar-refractivity contribution in [3.8, 4) is 0 Å². The minimum absolute atomic E-state index is 0.0656. The largest absolute Gasteiger partial charge is 0.398 e. The molecular weight excluding hydrogens is 202 g/mol. The predicted octanol–water partition coefficient (Wildman–Crippen LogP) is 0.726. The minimum atomic E-state index is -3.33. The van der Waals surface area contributed by atoms with Gasteiger partial charge in [0.2, 0.25) is 0 Å². The molecule has 0 heterocycles. The Kier molecular flexibility index (Phi) is 2.82. The first-order valence-electron chi connectivity index (χ1n) is 4.10. The molecule has 0 amide bonds. The highest BCUT2D eigenvalue weighted by atomic mass is 32.2. The fourth-order valence-corrected chi connectivity index (χ4v) is 1.98. The number of hydrogen-bond donors (Lipinski definition) is 2. The number of aliphatic hydroxyl groups excluding tert-OH is 1. The van der Waals surface area contributed by atoms with E-state index in [1.807, 2.05) is 0 Å². The Morgan fingerprint density at radius 3 is 2.43 bits per heavy atom. The fraction of sp³-hybridized carbons (Fsp3) is 0.333. The predicted molar refractivity (Wildman–Crippen MR) is 54.6 cm³/mol. The van der Waals surface area contributed by atoms with Crippen LogP contribution >= 0.6 is 0 Å². The summed E-state index contributed by atoms with van der Waals surface area (Å²) < 4.78 is 22.5. The van der Waals surface area contributed by atoms with E-state index in [0.29, 0.717) is 5.56 Å². The molecular formula is C9H13NO3S. The monoisotopic (exact) mass is 215 g/mol. The molecule has 0 spiro atoms. The Morgan fingerprint density at radius 2 is 2.00 bits per heavy atom. The van der Waals surface area contributed by atoms with E-state index in [0.717, 1.165) is 6.26 Å². The molecule has 1 aromatic carbocycles. The molecule has 4 nitrogen and oxygen atoms in total. The van der Waals surface area contributed by atoms with Gasteiger partial charge in [-0.1, -0.05) is 6.07 Å². The van der Waals surface area contributed by atoms with Crippen molar-refractivity contribution in [3.05, 3.63) is 23.8 Å². The first kappa shape index (κ1) is 11.0. The summed E-state index contributed by atoms with van der Waals surface area (Å²) in [6.07, 6.45) is 0.390. The van der Waals surface area contributed by atoms with Crippen LogP contribution in [-0.2, 0) is 9.84 Å². The molecule has 0 aliphatic carbocycles. The molecule has 0 aromatic heterocycles. The van der Waals surface area contributed by atoms with Crippen molar-refractivity contribution in [3.63, 3.8) is 0 Å². The molecule has 1 unspecified atom stereocenters. The standard InChI is InChI=1S/C9H13NO3S/c1-6(11)7-3-4-8(10)9(5-7)14(2,12)13/h3-6,11H,10H2,1-2H3. The summed E-state index contributed by atoms with van der Waals surface area (Å²) in [6, 6.07) is 4.49. The van der Waals surface area contributed by atoms with Crippen molar-refractivity contribution in [2.24, 2.45) is 0 Å². The summed E-state index contributed by atoms with van der Waals surface area (Å²) >= 11 is 0. The van der Waals surface area contributed by atoms with Crippen molar-refractivity contribution in [2.75, 3.05) is 12.0 Å². The third-order valence-corrected chi connectivity index (χ3v) is 3.07. The maximum Gasteiger partial charge on any atom is 0.177 e. The zero-order chi connectivity index (χ0) is 10.9. The number of benzene rings is 1. The van der Waals surface area contributed by atoms with E-state index in [2.05, 4.69) is 0 Å². The van der Waals surface area contributed by atoms with Crippen molar-refractivity contribution in [2.45, 2.75) is 17.9 Å². The smallest absolute Gasteiger partial charge is 0.177 e. The average molecular weight is 215 g/mol. The third kappa shape index (κ3) is 2.24. The van der Waals surface area contributed by atoms with Gasteiger partial charge in [-0.2, -0.15) is 0 Å². The van der Waals surface area contributed by atoms with Gasteiger partial charge in [0.1, 0.15) is 0 Å². The molecule has 0 saturated heterocycles. The molecule has 1 atom stereocenters. The van der Waals surface area contributed by atoms with Gasteiger partial charge in [-0.25, -0.2) is 8.42 Å². The van der Waals surface area contributed by atoms with Gasteiger partial charge >= 0.3 is 0 Å². The van der Waals surface area contributed by atoms with Crippen LogP contribution in [0.5, 0.6) is 0 Å². The highest BCUT2D eigenvalue weighted by Crippen LogP contribution is 2.22. The molecule has 5 heteroatoms. The Labute approximate surface area is 83.3 Å². The third-order valence-electron chi connectivity index (χ3n) is 1.92. The molecule has 0 bridgehead atoms. The number of anilines is 1. The number of rotatable bonds is 2. The maximum atomic E-state index is 11.3. The topological polar surface area (TPSA) is 80.4 Å². The minimum Gasteiger partial charge on any atom is -0.398 e. The van der Waals surface area contributed by atoms with Crippen LogP contribution in [0.1, 0.15) is 18.6 Å². The van der Waals surface area contributed by atoms with Crippen LogP contribution in [0.2, 0.25) is 0 Å². The first-order valence-corrected chi connectivity index (χ1v) is 5.99. The van der Waals surface area contributed by atoms with Gasteiger partial charge in [-0.15, -0.1) is 0 Å². The summed E-state index contributed by atoms with van der Waals surface area (Å²) in [7, 11) is -3.33. The van der Waals surface area contributed by atoms with E-state index in [9.17, 15) is 13.5 Å². The Morgan fingerprint density at radius 1 is 1.43 bits per heavy atom. The lowest BCUT2D eigenvalue weighted by atomic mass is 10.1. The normalized spacial score (nSPS) is 13.9. The van der Waals surface area contributed by atoms with E-state index in [-0.39, 0.29) is 10.6 Å². The second kappa shape index (κ2) is 3.59. The van der Waals surface area contributed by atoms with Crippen molar-refractivity contribution >= 4 is 15.5 Å². The van der Waals surface area contributed by atoms with Crippen LogP contribution < -0.4 is 5.73 Å². The number of sulfone groups is 1. The van der Waals surface area contributed by atoms with Crippen LogP contribution in [0, 0.1) is 0 Å². The number of nitrogens with two attached hydrogens (primary N) is 1. The van der Waals surface area contributed by atoms with Gasteiger partial charge in [0.05, 0.1) is 16.7 Å². The van der Waals surface area contributed by atoms with Crippen LogP contribution in [0.15, 0.2) is 23.1 Å². The van der Waals surface area contributed by atoms with E-state index < -0.39 is 15.9 Å². The molecule has 3 N–H and O–H groups in total. The van der Waals surface area contributed by atoms with Gasteiger partial charge in [0.15, 0.2) is 9.84 Å². The first-order chi connectivity index (χ1) is 6.32. The molecule has 0 radical (unpaired) electrons. The maximum absolute atomic E-state index is 11.3. The molecule has 78 valence electrons. The second-order valence-electron chi connectivity index (χ2n) is 3.25. The van der Waals surface area contributed by atoms with Gasteiger partial charge in [-0.3, -0.25) is 0 Å². The van der Waals surface area contributed by atoms with Gasteiger partial charge in [0, 0.05) is 6.26 Å². The summed E-state index contributed by atoms with van der Waals surface area (Å²) in [6.45, 7) is 1.57. The van der Waals surface area contributed by atoms with Crippen molar-refractivity contribution < 1.29 is 13.5 Å². The van der Waals surface area contributed by atoms with Crippen LogP contribution in [0.3, 0.4) is 0 Å². The molecule has 0 saturated carbocycles. The highest BCUT2D eigenvalue weighted by molar-refractivity contribution is 7.90. The zero-order valence-corrected chi connectivity index (χ0v) is 8.88. The number of hydrogen-bond acceptors (Lipinski definition) is 4. The van der Waals surface area contributed by atoms with Gasteiger partial charge < -0.3 is 10.8 Å². The van der Waals surface area contributed by atoms with E-state index in [1.165, 1.54) is 12.1 Å². The lowest BCUT2D eigenvalue weighted by Gasteiger charge is -2.08. The summed E-state index contributed by atoms with van der Waals surface area (Å²) in [5.41, 5.74) is 6.26. The van der Waals surface area contributed by atoms with E-state index in [4.69, 9.17) is 5.73 Å². The lowest BCUT2D eigenvalue weighted by molar-refractivity contribution is 0.199. The van der Waals surface area contributed by atoms with E-state index >= 15 is 0 Å². The summed E-state index contributed by atoms with van der Waals surface area (Å²) in [5.74, 6) is 0. The number of aliphatic hydroxyl groups is 1. The quantitative estimate of drug-likeness (QED) is 0.712. The molecule has 0 fully saturated rings. The van der Waals surface area contributed by atoms with E-state index in [1.54, 1.807) is 13.0 Å². The Hall–Kier alpha value is -1.07. The SMILES string of the molecule is CC(O)c1ccc(N)c(S(C)(=O)=O)c1. The number of nitrogen functional groups attached to an aromatic ring is 1. The van der Waals surface area contributed by atoms with Gasteiger partial charge in [0.25, 0.3) is 0 Å². The Bertz CT molecular complexity index is 437.